The maximum Gasteiger partial charge on any atom is 0.143 e. The second-order valence-electron chi connectivity index (χ2n) is 3.29. The number of hydrogen-bond acceptors (Lipinski definition) is 3. The van der Waals surface area contributed by atoms with Gasteiger partial charge in [0.15, 0.2) is 0 Å². The minimum atomic E-state index is -0.353. The molecule has 2 rings (SSSR count). The van der Waals surface area contributed by atoms with Crippen molar-refractivity contribution in [1.82, 2.24) is 0 Å². The first-order chi connectivity index (χ1) is 6.76. The zero-order valence-electron chi connectivity index (χ0n) is 7.46. The lowest BCUT2D eigenvalue weighted by Gasteiger charge is -2.36. The molecule has 1 N–H and O–H groups in total. The number of nitriles is 1. The molecule has 1 aromatic rings. The van der Waals surface area contributed by atoms with Gasteiger partial charge < -0.3 is 5.32 Å². The molecule has 0 spiro atoms. The minimum Gasteiger partial charge on any atom is -0.365 e. The average Bonchev–Trinajstić information content (AvgIpc) is 2.14. The summed E-state index contributed by atoms with van der Waals surface area (Å²) < 4.78 is 1.01. The molecule has 1 saturated heterocycles. The van der Waals surface area contributed by atoms with Crippen molar-refractivity contribution in [3.63, 3.8) is 0 Å². The van der Waals surface area contributed by atoms with E-state index in [2.05, 4.69) is 27.3 Å². The maximum absolute atomic E-state index is 9.05. The first-order valence-electron chi connectivity index (χ1n) is 4.27. The number of rotatable bonds is 2. The molecular weight excluding hydrogens is 260 g/mol. The van der Waals surface area contributed by atoms with Gasteiger partial charge in [0, 0.05) is 21.7 Å². The highest BCUT2D eigenvalue weighted by Crippen LogP contribution is 2.34. The molecule has 0 aromatic heterocycles. The highest BCUT2D eigenvalue weighted by molar-refractivity contribution is 9.10. The first-order valence-corrected chi connectivity index (χ1v) is 6.22. The number of halogens is 1. The molecule has 72 valence electrons. The van der Waals surface area contributed by atoms with Crippen LogP contribution in [-0.4, -0.2) is 17.0 Å². The largest absolute Gasteiger partial charge is 0.365 e. The van der Waals surface area contributed by atoms with Crippen molar-refractivity contribution in [1.29, 1.82) is 5.26 Å². The Morgan fingerprint density at radius 3 is 2.64 bits per heavy atom. The summed E-state index contributed by atoms with van der Waals surface area (Å²) in [4.78, 5) is 0. The van der Waals surface area contributed by atoms with E-state index >= 15 is 0 Å². The quantitative estimate of drug-likeness (QED) is 0.896. The number of benzene rings is 1. The third kappa shape index (κ3) is 1.75. The van der Waals surface area contributed by atoms with E-state index in [1.165, 1.54) is 0 Å². The molecule has 1 aromatic carbocycles. The van der Waals surface area contributed by atoms with Crippen molar-refractivity contribution in [3.8, 4) is 6.07 Å². The first kappa shape index (κ1) is 9.88. The lowest BCUT2D eigenvalue weighted by Crippen LogP contribution is -2.49. The topological polar surface area (TPSA) is 35.8 Å². The molecule has 0 aliphatic carbocycles. The summed E-state index contributed by atoms with van der Waals surface area (Å²) in [6.07, 6.45) is 0. The highest BCUT2D eigenvalue weighted by atomic mass is 79.9. The van der Waals surface area contributed by atoms with Gasteiger partial charge in [-0.3, -0.25) is 0 Å². The van der Waals surface area contributed by atoms with Gasteiger partial charge in [-0.15, -0.1) is 0 Å². The molecule has 0 unspecified atom stereocenters. The van der Waals surface area contributed by atoms with E-state index in [0.29, 0.717) is 0 Å². The van der Waals surface area contributed by atoms with Crippen LogP contribution in [0.5, 0.6) is 0 Å². The minimum absolute atomic E-state index is 0.353. The zero-order chi connectivity index (χ0) is 10.0. The normalized spacial score (nSPS) is 18.0. The fraction of sp³-hybridized carbons (Fsp3) is 0.300. The summed E-state index contributed by atoms with van der Waals surface area (Å²) in [5, 5.41) is 12.3. The summed E-state index contributed by atoms with van der Waals surface area (Å²) in [7, 11) is 0. The second kappa shape index (κ2) is 3.84. The van der Waals surface area contributed by atoms with Crippen LogP contribution in [0.25, 0.3) is 0 Å². The Morgan fingerprint density at radius 1 is 1.43 bits per heavy atom. The molecule has 1 fully saturated rings. The van der Waals surface area contributed by atoms with E-state index in [1.54, 1.807) is 11.8 Å². The summed E-state index contributed by atoms with van der Waals surface area (Å²) in [6.45, 7) is 0. The Hall–Kier alpha value is -0.660. The molecule has 1 aliphatic heterocycles. The Balaban J connectivity index is 2.19. The van der Waals surface area contributed by atoms with Crippen LogP contribution in [0.4, 0.5) is 5.69 Å². The van der Waals surface area contributed by atoms with E-state index in [9.17, 15) is 0 Å². The number of nitrogens with one attached hydrogen (secondary N) is 1. The van der Waals surface area contributed by atoms with Crippen molar-refractivity contribution in [3.05, 3.63) is 28.7 Å². The smallest absolute Gasteiger partial charge is 0.143 e. The molecule has 0 atom stereocenters. The van der Waals surface area contributed by atoms with Crippen LogP contribution in [0.2, 0.25) is 0 Å². The molecular formula is C10H9BrN2S. The van der Waals surface area contributed by atoms with Crippen molar-refractivity contribution >= 4 is 33.4 Å². The van der Waals surface area contributed by atoms with Gasteiger partial charge >= 0.3 is 0 Å². The van der Waals surface area contributed by atoms with Crippen LogP contribution in [0, 0.1) is 11.3 Å². The van der Waals surface area contributed by atoms with Crippen molar-refractivity contribution < 1.29 is 0 Å². The van der Waals surface area contributed by atoms with E-state index < -0.39 is 0 Å². The standard InChI is InChI=1S/C10H9BrN2S/c11-8-3-1-2-4-9(8)13-10(5-12)6-14-7-10/h1-4,13H,6-7H2. The summed E-state index contributed by atoms with van der Waals surface area (Å²) in [6, 6.07) is 10.2. The number of thioether (sulfide) groups is 1. The highest BCUT2D eigenvalue weighted by Gasteiger charge is 2.38. The van der Waals surface area contributed by atoms with Gasteiger partial charge in [-0.05, 0) is 28.1 Å². The second-order valence-corrected chi connectivity index (χ2v) is 5.13. The molecule has 1 aliphatic rings. The van der Waals surface area contributed by atoms with Crippen molar-refractivity contribution in [2.75, 3.05) is 16.8 Å². The SMILES string of the molecule is N#CC1(Nc2ccccc2Br)CSC1. The average molecular weight is 269 g/mol. The molecule has 4 heteroatoms. The molecule has 1 heterocycles. The van der Waals surface area contributed by atoms with Crippen LogP contribution in [0.1, 0.15) is 0 Å². The van der Waals surface area contributed by atoms with E-state index in [0.717, 1.165) is 21.7 Å². The summed E-state index contributed by atoms with van der Waals surface area (Å²) in [5.41, 5.74) is 0.642. The van der Waals surface area contributed by atoms with Crippen molar-refractivity contribution in [2.45, 2.75) is 5.54 Å². The summed E-state index contributed by atoms with van der Waals surface area (Å²) in [5.74, 6) is 1.73. The Kier molecular flexibility index (Phi) is 2.71. The fourth-order valence-corrected chi connectivity index (χ4v) is 2.56. The Labute approximate surface area is 95.8 Å². The lowest BCUT2D eigenvalue weighted by molar-refractivity contribution is 0.716. The monoisotopic (exact) mass is 268 g/mol. The van der Waals surface area contributed by atoms with Crippen molar-refractivity contribution in [2.24, 2.45) is 0 Å². The molecule has 14 heavy (non-hydrogen) atoms. The zero-order valence-corrected chi connectivity index (χ0v) is 9.86. The van der Waals surface area contributed by atoms with Crippen LogP contribution in [0.3, 0.4) is 0 Å². The Bertz CT molecular complexity index is 382. The van der Waals surface area contributed by atoms with Crippen LogP contribution in [-0.2, 0) is 0 Å². The van der Waals surface area contributed by atoms with Crippen LogP contribution in [0.15, 0.2) is 28.7 Å². The number of para-hydroxylation sites is 1. The third-order valence-corrected chi connectivity index (χ3v) is 4.24. The molecule has 0 amide bonds. The predicted octanol–water partition coefficient (Wildman–Crippen LogP) is 2.87. The van der Waals surface area contributed by atoms with Gasteiger partial charge in [0.25, 0.3) is 0 Å². The van der Waals surface area contributed by atoms with E-state index in [1.807, 2.05) is 24.3 Å². The predicted molar refractivity (Wildman–Crippen MR) is 63.4 cm³/mol. The Morgan fingerprint density at radius 2 is 2.14 bits per heavy atom. The maximum atomic E-state index is 9.05. The fourth-order valence-electron chi connectivity index (χ4n) is 1.29. The van der Waals surface area contributed by atoms with Gasteiger partial charge in [0.05, 0.1) is 6.07 Å². The van der Waals surface area contributed by atoms with Gasteiger partial charge in [0.1, 0.15) is 5.54 Å². The number of nitrogens with zero attached hydrogens (tertiary/aromatic N) is 1. The number of hydrogen-bond donors (Lipinski definition) is 1. The molecule has 0 saturated carbocycles. The van der Waals surface area contributed by atoms with Gasteiger partial charge in [0.2, 0.25) is 0 Å². The number of anilines is 1. The van der Waals surface area contributed by atoms with E-state index in [-0.39, 0.29) is 5.54 Å². The molecule has 0 radical (unpaired) electrons. The molecule has 0 bridgehead atoms. The van der Waals surface area contributed by atoms with Crippen LogP contribution >= 0.6 is 27.7 Å². The van der Waals surface area contributed by atoms with E-state index in [4.69, 9.17) is 5.26 Å². The lowest BCUT2D eigenvalue weighted by atomic mass is 10.1. The van der Waals surface area contributed by atoms with Crippen LogP contribution < -0.4 is 5.32 Å². The molecule has 2 nitrogen and oxygen atoms in total. The van der Waals surface area contributed by atoms with Gasteiger partial charge in [-0.2, -0.15) is 17.0 Å². The summed E-state index contributed by atoms with van der Waals surface area (Å²) >= 11 is 5.25. The van der Waals surface area contributed by atoms with Gasteiger partial charge in [-0.1, -0.05) is 12.1 Å². The third-order valence-electron chi connectivity index (χ3n) is 2.16. The van der Waals surface area contributed by atoms with Gasteiger partial charge in [-0.25, -0.2) is 0 Å².